The third kappa shape index (κ3) is 9.14. The summed E-state index contributed by atoms with van der Waals surface area (Å²) in [6.07, 6.45) is 3.94. The molecule has 0 radical (unpaired) electrons. The number of allylic oxidation sites excluding steroid dienone is 1. The molecule has 0 aliphatic heterocycles. The number of hydrogen-bond acceptors (Lipinski definition) is 4. The maximum Gasteiger partial charge on any atom is 0.149 e. The minimum absolute atomic E-state index is 0.00928. The molecule has 1 N–H and O–H groups in total. The largest absolute Gasteiger partial charge is 0.507 e. The van der Waals surface area contributed by atoms with Gasteiger partial charge in [0.15, 0.2) is 0 Å². The number of nitrogens with zero attached hydrogens (tertiary/aromatic N) is 4. The zero-order chi connectivity index (χ0) is 47.6. The van der Waals surface area contributed by atoms with Crippen LogP contribution < -0.4 is 4.90 Å². The molecular weight excluding hydrogens is 757 g/mol. The van der Waals surface area contributed by atoms with Gasteiger partial charge in [-0.05, 0) is 147 Å². The van der Waals surface area contributed by atoms with Crippen molar-refractivity contribution in [2.75, 3.05) is 11.9 Å². The van der Waals surface area contributed by atoms with Gasteiger partial charge in [0.25, 0.3) is 0 Å². The van der Waals surface area contributed by atoms with E-state index >= 15 is 0 Å². The summed E-state index contributed by atoms with van der Waals surface area (Å²) < 4.78 is 28.0. The number of imidazole rings is 1. The molecule has 0 amide bonds. The van der Waals surface area contributed by atoms with Gasteiger partial charge in [-0.25, -0.2) is 4.98 Å². The number of anilines is 1. The number of benzene rings is 5. The zero-order valence-electron chi connectivity index (χ0n) is 42.3. The molecule has 7 aromatic rings. The fourth-order valence-corrected chi connectivity index (χ4v) is 7.93. The highest BCUT2D eigenvalue weighted by Gasteiger charge is 2.26. The van der Waals surface area contributed by atoms with Crippen molar-refractivity contribution in [3.63, 3.8) is 0 Å². The highest BCUT2D eigenvalue weighted by Crippen LogP contribution is 2.41. The molecule has 5 heteroatoms. The van der Waals surface area contributed by atoms with Gasteiger partial charge in [0.1, 0.15) is 11.6 Å². The number of fused-ring (bicyclic) bond motifs is 1. The van der Waals surface area contributed by atoms with Crippen LogP contribution in [0.2, 0.25) is 0 Å². The van der Waals surface area contributed by atoms with Crippen molar-refractivity contribution >= 4 is 22.3 Å². The van der Waals surface area contributed by atoms with E-state index < -0.39 is 6.85 Å². The van der Waals surface area contributed by atoms with Crippen LogP contribution in [0.3, 0.4) is 0 Å². The topological polar surface area (TPSA) is 54.2 Å². The lowest BCUT2D eigenvalue weighted by Crippen LogP contribution is -2.19. The molecule has 62 heavy (non-hydrogen) atoms. The average Bonchev–Trinajstić information content (AvgIpc) is 3.61. The second kappa shape index (κ2) is 16.1. The van der Waals surface area contributed by atoms with Gasteiger partial charge < -0.3 is 10.0 Å². The van der Waals surface area contributed by atoms with Crippen LogP contribution >= 0.6 is 0 Å². The smallest absolute Gasteiger partial charge is 0.149 e. The van der Waals surface area contributed by atoms with Crippen molar-refractivity contribution in [2.24, 2.45) is 0 Å². The summed E-state index contributed by atoms with van der Waals surface area (Å²) in [5.41, 5.74) is 13.9. The Morgan fingerprint density at radius 2 is 1.21 bits per heavy atom. The molecule has 2 heterocycles. The van der Waals surface area contributed by atoms with E-state index in [2.05, 4.69) is 149 Å². The van der Waals surface area contributed by atoms with Crippen molar-refractivity contribution in [3.8, 4) is 45.2 Å². The molecule has 7 rings (SSSR count). The second-order valence-corrected chi connectivity index (χ2v) is 21.2. The van der Waals surface area contributed by atoms with Crippen LogP contribution in [0.1, 0.15) is 128 Å². The van der Waals surface area contributed by atoms with Crippen molar-refractivity contribution in [3.05, 3.63) is 155 Å². The van der Waals surface area contributed by atoms with Crippen LogP contribution in [-0.4, -0.2) is 26.7 Å². The Balaban J connectivity index is 1.39. The fourth-order valence-electron chi connectivity index (χ4n) is 7.93. The van der Waals surface area contributed by atoms with Crippen LogP contribution in [-0.2, 0) is 21.7 Å². The van der Waals surface area contributed by atoms with E-state index in [1.54, 1.807) is 24.4 Å². The van der Waals surface area contributed by atoms with Gasteiger partial charge >= 0.3 is 0 Å². The first kappa shape index (κ1) is 40.2. The number of hydrogen-bond donors (Lipinski definition) is 1. The van der Waals surface area contributed by atoms with E-state index in [4.69, 9.17) is 14.1 Å². The number of aromatic nitrogens is 3. The number of aromatic hydroxyl groups is 1. The summed E-state index contributed by atoms with van der Waals surface area (Å²) in [6.45, 7) is 26.5. The number of para-hydroxylation sites is 2. The summed E-state index contributed by atoms with van der Waals surface area (Å²) in [5.74, 6) is 0.708. The molecule has 0 saturated carbocycles. The molecule has 0 saturated heterocycles. The normalized spacial score (nSPS) is 13.8. The van der Waals surface area contributed by atoms with E-state index in [0.29, 0.717) is 33.7 Å². The van der Waals surface area contributed by atoms with Crippen LogP contribution in [0.4, 0.5) is 5.69 Å². The summed E-state index contributed by atoms with van der Waals surface area (Å²) in [6, 6.07) is 36.5. The van der Waals surface area contributed by atoms with Crippen LogP contribution in [0.15, 0.2) is 122 Å². The molecular formula is C57H66N4O. The summed E-state index contributed by atoms with van der Waals surface area (Å²) >= 11 is 0. The first-order chi connectivity index (χ1) is 30.1. The Bertz CT molecular complexity index is 2880. The molecule has 0 unspecified atom stereocenters. The molecule has 0 spiro atoms. The maximum atomic E-state index is 11.3. The quantitative estimate of drug-likeness (QED) is 0.174. The number of rotatable bonds is 7. The van der Waals surface area contributed by atoms with Gasteiger partial charge in [0.2, 0.25) is 0 Å². The lowest BCUT2D eigenvalue weighted by Gasteiger charge is -2.28. The van der Waals surface area contributed by atoms with Crippen molar-refractivity contribution in [1.82, 2.24) is 14.5 Å². The minimum atomic E-state index is -2.39. The monoisotopic (exact) mass is 826 g/mol. The second-order valence-electron chi connectivity index (χ2n) is 21.2. The van der Waals surface area contributed by atoms with Gasteiger partial charge in [-0.1, -0.05) is 126 Å². The molecule has 0 aliphatic carbocycles. The van der Waals surface area contributed by atoms with E-state index in [1.165, 1.54) is 22.3 Å². The van der Waals surface area contributed by atoms with Gasteiger partial charge in [-0.15, -0.1) is 0 Å². The Hall–Kier alpha value is -5.94. The average molecular weight is 826 g/mol. The lowest BCUT2D eigenvalue weighted by molar-refractivity contribution is 0.477. The Kier molecular flexibility index (Phi) is 10.4. The van der Waals surface area contributed by atoms with Crippen LogP contribution in [0.25, 0.3) is 56.1 Å². The number of pyridine rings is 1. The van der Waals surface area contributed by atoms with Crippen molar-refractivity contribution < 1.29 is 9.22 Å². The van der Waals surface area contributed by atoms with Gasteiger partial charge in [-0.3, -0.25) is 9.55 Å². The van der Waals surface area contributed by atoms with Crippen molar-refractivity contribution in [1.29, 1.82) is 0 Å². The van der Waals surface area contributed by atoms with E-state index in [0.717, 1.165) is 33.6 Å². The number of aryl methyl sites for hydroxylation is 1. The van der Waals surface area contributed by atoms with Crippen LogP contribution in [0.5, 0.6) is 5.75 Å². The predicted molar refractivity (Wildman–Crippen MR) is 265 cm³/mol. The highest BCUT2D eigenvalue weighted by molar-refractivity contribution is 5.96. The highest BCUT2D eigenvalue weighted by atomic mass is 16.3. The van der Waals surface area contributed by atoms with E-state index in [9.17, 15) is 5.11 Å². The predicted octanol–water partition coefficient (Wildman–Crippen LogP) is 15.1. The summed E-state index contributed by atoms with van der Waals surface area (Å²) in [5, 5.41) is 11.3. The first-order valence-electron chi connectivity index (χ1n) is 23.3. The lowest BCUT2D eigenvalue weighted by atomic mass is 9.80. The SMILES string of the molecule is [2H]C([2H])([2H])c1cc(-c2cc(/C(C)=C\N(C)c3cc(C(C)(C)C)cc(C(C)(C)C)c3)ccn2)cc(-c2cccc3c2nc(-c2ccccc2O)n3-c2cc(C(C)(C)C)cc(C(C)(C)C)c2)c1. The maximum absolute atomic E-state index is 11.3. The first-order valence-corrected chi connectivity index (χ1v) is 21.8. The molecule has 0 bridgehead atoms. The molecule has 320 valence electrons. The minimum Gasteiger partial charge on any atom is -0.507 e. The van der Waals surface area contributed by atoms with Gasteiger partial charge in [0.05, 0.1) is 22.3 Å². The van der Waals surface area contributed by atoms with E-state index in [-0.39, 0.29) is 33.0 Å². The fraction of sp³-hybridized carbons (Fsp3) is 0.333. The Morgan fingerprint density at radius 3 is 1.79 bits per heavy atom. The summed E-state index contributed by atoms with van der Waals surface area (Å²) in [7, 11) is 2.09. The van der Waals surface area contributed by atoms with Gasteiger partial charge in [-0.2, -0.15) is 0 Å². The van der Waals surface area contributed by atoms with Crippen LogP contribution in [0, 0.1) is 6.85 Å². The molecule has 0 fully saturated rings. The molecule has 5 nitrogen and oxygen atoms in total. The zero-order valence-corrected chi connectivity index (χ0v) is 39.3. The summed E-state index contributed by atoms with van der Waals surface area (Å²) in [4.78, 5) is 12.3. The molecule has 2 aromatic heterocycles. The third-order valence-corrected chi connectivity index (χ3v) is 11.9. The Labute approximate surface area is 375 Å². The third-order valence-electron chi connectivity index (χ3n) is 11.9. The van der Waals surface area contributed by atoms with Gasteiger partial charge in [0, 0.05) is 46.1 Å². The molecule has 5 aromatic carbocycles. The standard InChI is InChI=1S/C57H66N4O/c1-36-25-39(27-40(26-36)49-28-38(23-24-58-49)37(2)35-60(15)45-31-41(54(3,4)5)29-42(32-45)55(6,7)8)47-20-18-21-50-52(47)59-53(48-19-16-17-22-51(48)62)61(50)46-33-43(56(9,10)11)30-44(34-46)57(12,13)14/h16-35,62H,1-15H3/b37-35-/i1D3. The Morgan fingerprint density at radius 1 is 0.645 bits per heavy atom. The molecule has 0 atom stereocenters. The number of phenolic OH excluding ortho intramolecular Hbond substituents is 1. The molecule has 0 aliphatic rings. The number of phenols is 1. The van der Waals surface area contributed by atoms with Crippen molar-refractivity contribution in [2.45, 2.75) is 119 Å². The van der Waals surface area contributed by atoms with E-state index in [1.807, 2.05) is 54.6 Å².